The lowest BCUT2D eigenvalue weighted by molar-refractivity contribution is -0.119. The number of benzene rings is 1. The zero-order valence-electron chi connectivity index (χ0n) is 12.2. The number of rotatable bonds is 4. The molecule has 1 fully saturated rings. The van der Waals surface area contributed by atoms with Crippen molar-refractivity contribution in [2.45, 2.75) is 17.9 Å². The van der Waals surface area contributed by atoms with Gasteiger partial charge in [-0.2, -0.15) is 0 Å². The summed E-state index contributed by atoms with van der Waals surface area (Å²) in [5.41, 5.74) is 0.591. The number of carbonyl (C=O) groups is 1. The third-order valence-corrected chi connectivity index (χ3v) is 4.39. The second-order valence-corrected chi connectivity index (χ2v) is 7.28. The van der Waals surface area contributed by atoms with Crippen LogP contribution in [0.3, 0.4) is 0 Å². The summed E-state index contributed by atoms with van der Waals surface area (Å²) in [5, 5.41) is 2.77. The molecule has 1 aromatic rings. The molecular weight excluding hydrogens is 292 g/mol. The van der Waals surface area contributed by atoms with Gasteiger partial charge in [0.25, 0.3) is 0 Å². The molecule has 7 heteroatoms. The topological polar surface area (TPSA) is 75.7 Å². The summed E-state index contributed by atoms with van der Waals surface area (Å²) in [7, 11) is -3.21. The number of nitrogens with one attached hydrogen (secondary N) is 1. The van der Waals surface area contributed by atoms with Crippen molar-refractivity contribution in [3.63, 3.8) is 0 Å². The average molecular weight is 312 g/mol. The van der Waals surface area contributed by atoms with Crippen LogP contribution in [0.15, 0.2) is 29.2 Å². The third-order valence-electron chi connectivity index (χ3n) is 3.26. The zero-order valence-corrected chi connectivity index (χ0v) is 13.0. The highest BCUT2D eigenvalue weighted by Gasteiger charge is 2.18. The summed E-state index contributed by atoms with van der Waals surface area (Å²) < 4.78 is 28.1. The molecule has 1 atom stereocenters. The fourth-order valence-corrected chi connectivity index (χ4v) is 2.85. The Morgan fingerprint density at radius 1 is 1.38 bits per heavy atom. The van der Waals surface area contributed by atoms with E-state index in [-0.39, 0.29) is 16.9 Å². The smallest absolute Gasteiger partial charge is 0.238 e. The van der Waals surface area contributed by atoms with E-state index in [1.807, 2.05) is 11.8 Å². The lowest BCUT2D eigenvalue weighted by atomic mass is 10.3. The lowest BCUT2D eigenvalue weighted by Crippen LogP contribution is -2.44. The van der Waals surface area contributed by atoms with Crippen LogP contribution in [-0.2, 0) is 19.4 Å². The molecule has 1 saturated heterocycles. The molecule has 0 unspecified atom stereocenters. The summed E-state index contributed by atoms with van der Waals surface area (Å²) in [6.45, 7) is 4.40. The van der Waals surface area contributed by atoms with E-state index in [0.717, 1.165) is 19.3 Å². The Kier molecular flexibility index (Phi) is 4.97. The van der Waals surface area contributed by atoms with Gasteiger partial charge in [-0.25, -0.2) is 8.42 Å². The maximum Gasteiger partial charge on any atom is 0.238 e. The normalized spacial score (nSPS) is 20.2. The van der Waals surface area contributed by atoms with Crippen molar-refractivity contribution in [2.75, 3.05) is 37.8 Å². The van der Waals surface area contributed by atoms with E-state index in [2.05, 4.69) is 5.32 Å². The molecule has 0 radical (unpaired) electrons. The number of nitrogens with zero attached hydrogens (tertiary/aromatic N) is 1. The number of amides is 1. The van der Waals surface area contributed by atoms with Gasteiger partial charge >= 0.3 is 0 Å². The van der Waals surface area contributed by atoms with Gasteiger partial charge in [0.1, 0.15) is 0 Å². The lowest BCUT2D eigenvalue weighted by Gasteiger charge is -2.30. The van der Waals surface area contributed by atoms with Crippen LogP contribution < -0.4 is 5.32 Å². The molecule has 1 aromatic carbocycles. The average Bonchev–Trinajstić information content (AvgIpc) is 2.38. The Balaban J connectivity index is 1.90. The third kappa shape index (κ3) is 4.80. The fraction of sp³-hybridized carbons (Fsp3) is 0.500. The van der Waals surface area contributed by atoms with E-state index in [1.165, 1.54) is 12.1 Å². The Hall–Kier alpha value is -1.44. The molecule has 1 heterocycles. The first-order chi connectivity index (χ1) is 9.84. The highest BCUT2D eigenvalue weighted by Crippen LogP contribution is 2.14. The number of carbonyl (C=O) groups excluding carboxylic acids is 1. The largest absolute Gasteiger partial charge is 0.376 e. The minimum Gasteiger partial charge on any atom is -0.376 e. The van der Waals surface area contributed by atoms with Crippen molar-refractivity contribution in [2.24, 2.45) is 0 Å². The monoisotopic (exact) mass is 312 g/mol. The molecule has 0 aromatic heterocycles. The van der Waals surface area contributed by atoms with Crippen molar-refractivity contribution < 1.29 is 17.9 Å². The van der Waals surface area contributed by atoms with E-state index in [4.69, 9.17) is 4.74 Å². The SMILES string of the molecule is C[C@@H]1CN(CC(=O)Nc2ccc(S(C)(=O)=O)cc2)CCO1. The van der Waals surface area contributed by atoms with Crippen LogP contribution >= 0.6 is 0 Å². The summed E-state index contributed by atoms with van der Waals surface area (Å²) >= 11 is 0. The second-order valence-electron chi connectivity index (χ2n) is 5.26. The molecule has 2 rings (SSSR count). The van der Waals surface area contributed by atoms with Gasteiger partial charge in [0.2, 0.25) is 5.91 Å². The van der Waals surface area contributed by atoms with Gasteiger partial charge < -0.3 is 10.1 Å². The summed E-state index contributed by atoms with van der Waals surface area (Å²) in [6.07, 6.45) is 1.29. The number of ether oxygens (including phenoxy) is 1. The first-order valence-corrected chi connectivity index (χ1v) is 8.67. The maximum atomic E-state index is 12.0. The molecule has 6 nitrogen and oxygen atoms in total. The Morgan fingerprint density at radius 2 is 2.05 bits per heavy atom. The summed E-state index contributed by atoms with van der Waals surface area (Å²) in [5.74, 6) is -0.115. The molecule has 0 aliphatic carbocycles. The van der Waals surface area contributed by atoms with Crippen LogP contribution in [0, 0.1) is 0 Å². The molecule has 1 aliphatic heterocycles. The van der Waals surface area contributed by atoms with Gasteiger partial charge in [0, 0.05) is 25.0 Å². The van der Waals surface area contributed by atoms with Gasteiger partial charge in [-0.05, 0) is 31.2 Å². The minimum absolute atomic E-state index is 0.115. The Labute approximate surface area is 125 Å². The highest BCUT2D eigenvalue weighted by atomic mass is 32.2. The Bertz CT molecular complexity index is 598. The van der Waals surface area contributed by atoms with Crippen LogP contribution in [0.25, 0.3) is 0 Å². The second kappa shape index (κ2) is 6.55. The summed E-state index contributed by atoms with van der Waals surface area (Å²) in [4.78, 5) is 14.2. The maximum absolute atomic E-state index is 12.0. The molecule has 1 N–H and O–H groups in total. The predicted molar refractivity (Wildman–Crippen MR) is 80.0 cm³/mol. The molecule has 0 saturated carbocycles. The van der Waals surface area contributed by atoms with E-state index in [9.17, 15) is 13.2 Å². The summed E-state index contributed by atoms with van der Waals surface area (Å²) in [6, 6.07) is 6.16. The van der Waals surface area contributed by atoms with Crippen molar-refractivity contribution in [1.82, 2.24) is 4.90 Å². The van der Waals surface area contributed by atoms with Gasteiger partial charge in [-0.3, -0.25) is 9.69 Å². The predicted octanol–water partition coefficient (Wildman–Crippen LogP) is 0.749. The fourth-order valence-electron chi connectivity index (χ4n) is 2.22. The van der Waals surface area contributed by atoms with E-state index in [1.54, 1.807) is 12.1 Å². The molecule has 1 amide bonds. The van der Waals surface area contributed by atoms with Crippen molar-refractivity contribution in [3.05, 3.63) is 24.3 Å². The molecule has 0 bridgehead atoms. The quantitative estimate of drug-likeness (QED) is 0.888. The first-order valence-electron chi connectivity index (χ1n) is 6.78. The van der Waals surface area contributed by atoms with E-state index < -0.39 is 9.84 Å². The molecule has 116 valence electrons. The Morgan fingerprint density at radius 3 is 2.62 bits per heavy atom. The van der Waals surface area contributed by atoms with Crippen LogP contribution in [-0.4, -0.2) is 57.8 Å². The van der Waals surface area contributed by atoms with Crippen LogP contribution in [0.1, 0.15) is 6.92 Å². The number of hydrogen-bond acceptors (Lipinski definition) is 5. The standard InChI is InChI=1S/C14H20N2O4S/c1-11-9-16(7-8-20-11)10-14(17)15-12-3-5-13(6-4-12)21(2,18)19/h3-6,11H,7-10H2,1-2H3,(H,15,17)/t11-/m1/s1. The number of hydrogen-bond donors (Lipinski definition) is 1. The van der Waals surface area contributed by atoms with Gasteiger partial charge in [-0.15, -0.1) is 0 Å². The van der Waals surface area contributed by atoms with Gasteiger partial charge in [0.05, 0.1) is 24.2 Å². The van der Waals surface area contributed by atoms with E-state index >= 15 is 0 Å². The minimum atomic E-state index is -3.21. The van der Waals surface area contributed by atoms with Gasteiger partial charge in [0.15, 0.2) is 9.84 Å². The molecule has 21 heavy (non-hydrogen) atoms. The number of morpholine rings is 1. The first kappa shape index (κ1) is 15.9. The molecular formula is C14H20N2O4S. The van der Waals surface area contributed by atoms with Crippen molar-refractivity contribution in [3.8, 4) is 0 Å². The number of anilines is 1. The van der Waals surface area contributed by atoms with Crippen molar-refractivity contribution in [1.29, 1.82) is 0 Å². The van der Waals surface area contributed by atoms with Gasteiger partial charge in [-0.1, -0.05) is 0 Å². The molecule has 1 aliphatic rings. The van der Waals surface area contributed by atoms with Crippen molar-refractivity contribution >= 4 is 21.4 Å². The zero-order chi connectivity index (χ0) is 15.5. The van der Waals surface area contributed by atoms with Crippen LogP contribution in [0.5, 0.6) is 0 Å². The van der Waals surface area contributed by atoms with E-state index in [0.29, 0.717) is 18.8 Å². The van der Waals surface area contributed by atoms with Crippen LogP contribution in [0.2, 0.25) is 0 Å². The molecule has 0 spiro atoms. The number of sulfone groups is 1. The highest BCUT2D eigenvalue weighted by molar-refractivity contribution is 7.90. The van der Waals surface area contributed by atoms with Crippen LogP contribution in [0.4, 0.5) is 5.69 Å².